The molecule has 2 atom stereocenters. The smallest absolute Gasteiger partial charge is 0.0805 e. The highest BCUT2D eigenvalue weighted by Gasteiger charge is 2.08. The van der Waals surface area contributed by atoms with E-state index >= 15 is 0 Å². The fourth-order valence-corrected chi connectivity index (χ4v) is 1.72. The molecule has 0 aliphatic carbocycles. The van der Waals surface area contributed by atoms with Gasteiger partial charge < -0.3 is 14.9 Å². The van der Waals surface area contributed by atoms with E-state index in [2.05, 4.69) is 13.8 Å². The summed E-state index contributed by atoms with van der Waals surface area (Å²) in [6.45, 7) is 5.70. The van der Waals surface area contributed by atoms with Crippen LogP contribution in [0.3, 0.4) is 0 Å². The zero-order valence-electron chi connectivity index (χ0n) is 11.4. The van der Waals surface area contributed by atoms with Crippen molar-refractivity contribution in [1.82, 2.24) is 0 Å². The molecular formula is C14H29O3. The Kier molecular flexibility index (Phi) is 12.3. The molecule has 0 spiro atoms. The second-order valence-electron chi connectivity index (χ2n) is 4.62. The van der Waals surface area contributed by atoms with Crippen LogP contribution in [0.25, 0.3) is 0 Å². The van der Waals surface area contributed by atoms with Gasteiger partial charge in [-0.05, 0) is 31.6 Å². The molecule has 2 N–H and O–H groups in total. The van der Waals surface area contributed by atoms with Gasteiger partial charge in [-0.25, -0.2) is 0 Å². The van der Waals surface area contributed by atoms with Gasteiger partial charge in [0.25, 0.3) is 0 Å². The number of aliphatic hydroxyl groups is 2. The number of unbranched alkanes of at least 4 members (excludes halogenated alkanes) is 2. The van der Waals surface area contributed by atoms with E-state index in [-0.39, 0.29) is 6.61 Å². The van der Waals surface area contributed by atoms with Crippen molar-refractivity contribution in [3.05, 3.63) is 6.42 Å². The summed E-state index contributed by atoms with van der Waals surface area (Å²) in [5, 5.41) is 18.2. The SMILES string of the molecule is CCCCC(CC)COCC(O)[CH]CCCO. The number of rotatable bonds is 12. The maximum Gasteiger partial charge on any atom is 0.0805 e. The van der Waals surface area contributed by atoms with Crippen LogP contribution < -0.4 is 0 Å². The van der Waals surface area contributed by atoms with E-state index in [4.69, 9.17) is 9.84 Å². The lowest BCUT2D eigenvalue weighted by atomic mass is 10.0. The molecular weight excluding hydrogens is 216 g/mol. The molecule has 0 saturated heterocycles. The minimum Gasteiger partial charge on any atom is -0.396 e. The first-order chi connectivity index (χ1) is 8.24. The lowest BCUT2D eigenvalue weighted by molar-refractivity contribution is 0.0305. The van der Waals surface area contributed by atoms with Crippen LogP contribution in [-0.4, -0.2) is 36.1 Å². The molecule has 0 bridgehead atoms. The molecule has 0 aromatic rings. The van der Waals surface area contributed by atoms with Crippen LogP contribution in [0, 0.1) is 12.3 Å². The lowest BCUT2D eigenvalue weighted by Crippen LogP contribution is -2.19. The summed E-state index contributed by atoms with van der Waals surface area (Å²) in [6.07, 6.45) is 7.62. The lowest BCUT2D eigenvalue weighted by Gasteiger charge is -2.16. The van der Waals surface area contributed by atoms with Gasteiger partial charge in [0.1, 0.15) is 0 Å². The highest BCUT2D eigenvalue weighted by molar-refractivity contribution is 4.74. The normalized spacial score (nSPS) is 14.8. The summed E-state index contributed by atoms with van der Waals surface area (Å²) in [7, 11) is 0. The van der Waals surface area contributed by atoms with Gasteiger partial charge in [-0.15, -0.1) is 0 Å². The van der Waals surface area contributed by atoms with Gasteiger partial charge in [0.05, 0.1) is 12.7 Å². The summed E-state index contributed by atoms with van der Waals surface area (Å²) in [5.74, 6) is 0.625. The molecule has 0 aromatic heterocycles. The van der Waals surface area contributed by atoms with E-state index in [0.717, 1.165) is 19.4 Å². The molecule has 0 aliphatic rings. The van der Waals surface area contributed by atoms with Gasteiger partial charge in [-0.1, -0.05) is 33.1 Å². The summed E-state index contributed by atoms with van der Waals surface area (Å²) in [6, 6.07) is 0. The second-order valence-corrected chi connectivity index (χ2v) is 4.62. The molecule has 0 aromatic carbocycles. The van der Waals surface area contributed by atoms with Crippen molar-refractivity contribution in [2.45, 2.75) is 58.5 Å². The quantitative estimate of drug-likeness (QED) is 0.520. The van der Waals surface area contributed by atoms with Gasteiger partial charge in [0.15, 0.2) is 0 Å². The molecule has 1 radical (unpaired) electrons. The Bertz CT molecular complexity index is 150. The first-order valence-electron chi connectivity index (χ1n) is 6.94. The standard InChI is InChI=1S/C14H29O3/c1-3-5-8-13(4-2)11-17-12-14(16)9-6-7-10-15/h9,13-16H,3-8,10-12H2,1-2H3. The highest BCUT2D eigenvalue weighted by atomic mass is 16.5. The van der Waals surface area contributed by atoms with Crippen LogP contribution in [-0.2, 0) is 4.74 Å². The van der Waals surface area contributed by atoms with Gasteiger partial charge in [0, 0.05) is 13.2 Å². The number of hydrogen-bond donors (Lipinski definition) is 2. The number of aliphatic hydroxyl groups excluding tert-OH is 2. The molecule has 17 heavy (non-hydrogen) atoms. The average Bonchev–Trinajstić information content (AvgIpc) is 2.34. The van der Waals surface area contributed by atoms with E-state index in [1.54, 1.807) is 0 Å². The van der Waals surface area contributed by atoms with Crippen LogP contribution in [0.1, 0.15) is 52.4 Å². The molecule has 3 heteroatoms. The van der Waals surface area contributed by atoms with Crippen molar-refractivity contribution >= 4 is 0 Å². The third kappa shape index (κ3) is 10.7. The number of hydrogen-bond acceptors (Lipinski definition) is 3. The van der Waals surface area contributed by atoms with E-state index in [0.29, 0.717) is 18.9 Å². The Balaban J connectivity index is 3.45. The Morgan fingerprint density at radius 2 is 1.94 bits per heavy atom. The van der Waals surface area contributed by atoms with Crippen molar-refractivity contribution in [3.63, 3.8) is 0 Å². The van der Waals surface area contributed by atoms with Crippen LogP contribution >= 0.6 is 0 Å². The third-order valence-corrected chi connectivity index (χ3v) is 2.99. The first kappa shape index (κ1) is 16.9. The Morgan fingerprint density at radius 1 is 1.18 bits per heavy atom. The minimum absolute atomic E-state index is 0.180. The van der Waals surface area contributed by atoms with Crippen LogP contribution in [0.4, 0.5) is 0 Å². The molecule has 2 unspecified atom stereocenters. The zero-order valence-corrected chi connectivity index (χ0v) is 11.4. The van der Waals surface area contributed by atoms with E-state index in [1.165, 1.54) is 19.3 Å². The van der Waals surface area contributed by atoms with Crippen molar-refractivity contribution in [2.24, 2.45) is 5.92 Å². The summed E-state index contributed by atoms with van der Waals surface area (Å²) < 4.78 is 5.53. The van der Waals surface area contributed by atoms with Gasteiger partial charge in [0.2, 0.25) is 0 Å². The topological polar surface area (TPSA) is 49.7 Å². The Labute approximate surface area is 106 Å². The monoisotopic (exact) mass is 245 g/mol. The summed E-state index contributed by atoms with van der Waals surface area (Å²) in [4.78, 5) is 0. The maximum atomic E-state index is 9.58. The van der Waals surface area contributed by atoms with Crippen molar-refractivity contribution in [2.75, 3.05) is 19.8 Å². The van der Waals surface area contributed by atoms with Crippen molar-refractivity contribution < 1.29 is 14.9 Å². The predicted molar refractivity (Wildman–Crippen MR) is 70.8 cm³/mol. The highest BCUT2D eigenvalue weighted by Crippen LogP contribution is 2.13. The van der Waals surface area contributed by atoms with Gasteiger partial charge in [-0.3, -0.25) is 0 Å². The van der Waals surface area contributed by atoms with Crippen LogP contribution in [0.2, 0.25) is 0 Å². The summed E-state index contributed by atoms with van der Waals surface area (Å²) in [5.41, 5.74) is 0. The maximum absolute atomic E-state index is 9.58. The molecule has 0 heterocycles. The predicted octanol–water partition coefficient (Wildman–Crippen LogP) is 2.56. The van der Waals surface area contributed by atoms with E-state index < -0.39 is 6.10 Å². The summed E-state index contributed by atoms with van der Waals surface area (Å²) >= 11 is 0. The molecule has 0 amide bonds. The molecule has 103 valence electrons. The Morgan fingerprint density at radius 3 is 2.53 bits per heavy atom. The molecule has 0 saturated carbocycles. The second kappa shape index (κ2) is 12.3. The van der Waals surface area contributed by atoms with Crippen molar-refractivity contribution in [3.8, 4) is 0 Å². The average molecular weight is 245 g/mol. The first-order valence-corrected chi connectivity index (χ1v) is 6.94. The van der Waals surface area contributed by atoms with E-state index in [1.807, 2.05) is 6.42 Å². The third-order valence-electron chi connectivity index (χ3n) is 2.99. The number of ether oxygens (including phenoxy) is 1. The van der Waals surface area contributed by atoms with Gasteiger partial charge >= 0.3 is 0 Å². The Hall–Kier alpha value is -0.120. The fourth-order valence-electron chi connectivity index (χ4n) is 1.72. The van der Waals surface area contributed by atoms with Crippen LogP contribution in [0.5, 0.6) is 0 Å². The molecule has 0 fully saturated rings. The zero-order chi connectivity index (χ0) is 12.9. The van der Waals surface area contributed by atoms with E-state index in [9.17, 15) is 5.11 Å². The largest absolute Gasteiger partial charge is 0.396 e. The molecule has 3 nitrogen and oxygen atoms in total. The fraction of sp³-hybridized carbons (Fsp3) is 0.929. The van der Waals surface area contributed by atoms with Gasteiger partial charge in [-0.2, -0.15) is 0 Å². The van der Waals surface area contributed by atoms with Crippen LogP contribution in [0.15, 0.2) is 0 Å². The molecule has 0 rings (SSSR count). The minimum atomic E-state index is -0.495. The molecule has 0 aliphatic heterocycles. The van der Waals surface area contributed by atoms with Crippen molar-refractivity contribution in [1.29, 1.82) is 0 Å².